The van der Waals surface area contributed by atoms with Gasteiger partial charge in [0.2, 0.25) is 5.89 Å². The first kappa shape index (κ1) is 14.9. The topological polar surface area (TPSA) is 63.6 Å². The SMILES string of the molecule is CCc1nc(C2CCCCN2C(=O)c2cc3ccccn3c2)no1. The Bertz CT molecular complexity index is 834. The summed E-state index contributed by atoms with van der Waals surface area (Å²) in [5.74, 6) is 1.28. The molecule has 0 N–H and O–H groups in total. The van der Waals surface area contributed by atoms with Gasteiger partial charge in [-0.25, -0.2) is 0 Å². The maximum atomic E-state index is 13.1. The number of aryl methyl sites for hydroxylation is 1. The Kier molecular flexibility index (Phi) is 3.80. The molecule has 6 nitrogen and oxygen atoms in total. The second-order valence-electron chi connectivity index (χ2n) is 6.17. The summed E-state index contributed by atoms with van der Waals surface area (Å²) in [5.41, 5.74) is 1.72. The summed E-state index contributed by atoms with van der Waals surface area (Å²) < 4.78 is 7.21. The van der Waals surface area contributed by atoms with E-state index in [4.69, 9.17) is 4.52 Å². The Balaban J connectivity index is 1.65. The molecule has 1 atom stereocenters. The second-order valence-corrected chi connectivity index (χ2v) is 6.17. The normalized spacial score (nSPS) is 18.2. The Morgan fingerprint density at radius 1 is 1.38 bits per heavy atom. The molecule has 4 heterocycles. The number of aromatic nitrogens is 3. The summed E-state index contributed by atoms with van der Waals surface area (Å²) >= 11 is 0. The monoisotopic (exact) mass is 324 g/mol. The highest BCUT2D eigenvalue weighted by atomic mass is 16.5. The van der Waals surface area contributed by atoms with Crippen LogP contribution in [-0.2, 0) is 6.42 Å². The van der Waals surface area contributed by atoms with Crippen molar-refractivity contribution in [1.29, 1.82) is 0 Å². The average Bonchev–Trinajstić information content (AvgIpc) is 3.27. The van der Waals surface area contributed by atoms with E-state index < -0.39 is 0 Å². The molecule has 1 unspecified atom stereocenters. The second kappa shape index (κ2) is 6.11. The van der Waals surface area contributed by atoms with Crippen LogP contribution in [0.2, 0.25) is 0 Å². The van der Waals surface area contributed by atoms with Crippen molar-refractivity contribution < 1.29 is 9.32 Å². The highest BCUT2D eigenvalue weighted by Crippen LogP contribution is 2.31. The fourth-order valence-electron chi connectivity index (χ4n) is 3.33. The van der Waals surface area contributed by atoms with E-state index in [1.165, 1.54) is 0 Å². The van der Waals surface area contributed by atoms with Crippen LogP contribution in [0, 0.1) is 0 Å². The Morgan fingerprint density at radius 2 is 2.29 bits per heavy atom. The van der Waals surface area contributed by atoms with Gasteiger partial charge in [-0.1, -0.05) is 18.1 Å². The number of carbonyl (C=O) groups is 1. The number of nitrogens with zero attached hydrogens (tertiary/aromatic N) is 4. The molecule has 24 heavy (non-hydrogen) atoms. The molecule has 1 amide bonds. The van der Waals surface area contributed by atoms with E-state index in [0.717, 1.165) is 31.3 Å². The number of pyridine rings is 1. The van der Waals surface area contributed by atoms with Gasteiger partial charge in [-0.15, -0.1) is 0 Å². The zero-order valence-corrected chi connectivity index (χ0v) is 13.7. The van der Waals surface area contributed by atoms with Crippen LogP contribution in [0.15, 0.2) is 41.2 Å². The van der Waals surface area contributed by atoms with Gasteiger partial charge in [-0.3, -0.25) is 4.79 Å². The van der Waals surface area contributed by atoms with Crippen molar-refractivity contribution in [2.24, 2.45) is 0 Å². The molecule has 1 aliphatic rings. The number of hydrogen-bond acceptors (Lipinski definition) is 4. The van der Waals surface area contributed by atoms with Crippen LogP contribution in [0.1, 0.15) is 54.3 Å². The van der Waals surface area contributed by atoms with E-state index in [9.17, 15) is 4.79 Å². The molecule has 4 rings (SSSR count). The number of piperidine rings is 1. The summed E-state index contributed by atoms with van der Waals surface area (Å²) in [4.78, 5) is 19.4. The lowest BCUT2D eigenvalue weighted by Crippen LogP contribution is -2.38. The van der Waals surface area contributed by atoms with Gasteiger partial charge >= 0.3 is 0 Å². The lowest BCUT2D eigenvalue weighted by molar-refractivity contribution is 0.0597. The highest BCUT2D eigenvalue weighted by molar-refractivity contribution is 5.96. The Morgan fingerprint density at radius 3 is 3.08 bits per heavy atom. The highest BCUT2D eigenvalue weighted by Gasteiger charge is 2.32. The molecule has 0 saturated carbocycles. The van der Waals surface area contributed by atoms with E-state index >= 15 is 0 Å². The van der Waals surface area contributed by atoms with Crippen molar-refractivity contribution in [2.75, 3.05) is 6.54 Å². The first-order valence-corrected chi connectivity index (χ1v) is 8.46. The van der Waals surface area contributed by atoms with E-state index in [1.54, 1.807) is 0 Å². The third kappa shape index (κ3) is 2.58. The van der Waals surface area contributed by atoms with E-state index in [1.807, 2.05) is 52.9 Å². The molecule has 124 valence electrons. The van der Waals surface area contributed by atoms with Crippen molar-refractivity contribution >= 4 is 11.4 Å². The number of likely N-dealkylation sites (tertiary alicyclic amines) is 1. The van der Waals surface area contributed by atoms with E-state index in [2.05, 4.69) is 10.1 Å². The standard InChI is InChI=1S/C18H20N4O2/c1-2-16-19-17(20-24-16)15-8-4-6-10-22(15)18(23)13-11-14-7-3-5-9-21(14)12-13/h3,5,7,9,11-12,15H,2,4,6,8,10H2,1H3. The average molecular weight is 324 g/mol. The molecule has 3 aromatic rings. The summed E-state index contributed by atoms with van der Waals surface area (Å²) in [7, 11) is 0. The molecule has 0 radical (unpaired) electrons. The Hall–Kier alpha value is -2.63. The molecule has 0 spiro atoms. The van der Waals surface area contributed by atoms with Crippen molar-refractivity contribution in [1.82, 2.24) is 19.4 Å². The van der Waals surface area contributed by atoms with Crippen molar-refractivity contribution in [3.63, 3.8) is 0 Å². The first-order chi connectivity index (χ1) is 11.8. The summed E-state index contributed by atoms with van der Waals surface area (Å²) in [6.45, 7) is 2.71. The quantitative estimate of drug-likeness (QED) is 0.742. The van der Waals surface area contributed by atoms with Gasteiger partial charge in [0.05, 0.1) is 11.6 Å². The number of rotatable bonds is 3. The van der Waals surface area contributed by atoms with Crippen LogP contribution >= 0.6 is 0 Å². The largest absolute Gasteiger partial charge is 0.339 e. The van der Waals surface area contributed by atoms with Crippen molar-refractivity contribution in [2.45, 2.75) is 38.6 Å². The fourth-order valence-corrected chi connectivity index (χ4v) is 3.33. The van der Waals surface area contributed by atoms with Crippen LogP contribution in [0.5, 0.6) is 0 Å². The number of amides is 1. The van der Waals surface area contributed by atoms with Gasteiger partial charge < -0.3 is 13.8 Å². The predicted molar refractivity (Wildman–Crippen MR) is 88.7 cm³/mol. The maximum Gasteiger partial charge on any atom is 0.256 e. The molecule has 1 fully saturated rings. The number of hydrogen-bond donors (Lipinski definition) is 0. The molecular formula is C18H20N4O2. The molecule has 0 aliphatic carbocycles. The van der Waals surface area contributed by atoms with Gasteiger partial charge in [-0.2, -0.15) is 4.98 Å². The van der Waals surface area contributed by atoms with Crippen LogP contribution in [0.25, 0.3) is 5.52 Å². The van der Waals surface area contributed by atoms with E-state index in [0.29, 0.717) is 23.7 Å². The zero-order chi connectivity index (χ0) is 16.5. The molecule has 0 aromatic carbocycles. The van der Waals surface area contributed by atoms with E-state index in [-0.39, 0.29) is 11.9 Å². The van der Waals surface area contributed by atoms with Crippen LogP contribution < -0.4 is 0 Å². The Labute approximate surface area is 140 Å². The van der Waals surface area contributed by atoms with Crippen molar-refractivity contribution in [3.05, 3.63) is 53.9 Å². The third-order valence-electron chi connectivity index (χ3n) is 4.60. The minimum Gasteiger partial charge on any atom is -0.339 e. The summed E-state index contributed by atoms with van der Waals surface area (Å²) in [6, 6.07) is 7.76. The van der Waals surface area contributed by atoms with Crippen LogP contribution in [0.3, 0.4) is 0 Å². The molecule has 0 bridgehead atoms. The minimum absolute atomic E-state index is 0.0336. The van der Waals surface area contributed by atoms with Gasteiger partial charge in [0, 0.05) is 30.9 Å². The lowest BCUT2D eigenvalue weighted by atomic mass is 10.0. The van der Waals surface area contributed by atoms with Gasteiger partial charge in [0.15, 0.2) is 5.82 Å². The first-order valence-electron chi connectivity index (χ1n) is 8.46. The van der Waals surface area contributed by atoms with Gasteiger partial charge in [-0.05, 0) is 37.5 Å². The minimum atomic E-state index is -0.0988. The molecule has 6 heteroatoms. The fraction of sp³-hybridized carbons (Fsp3) is 0.389. The predicted octanol–water partition coefficient (Wildman–Crippen LogP) is 3.25. The summed E-state index contributed by atoms with van der Waals surface area (Å²) in [5, 5.41) is 4.09. The van der Waals surface area contributed by atoms with Crippen molar-refractivity contribution in [3.8, 4) is 0 Å². The zero-order valence-electron chi connectivity index (χ0n) is 13.7. The molecule has 1 saturated heterocycles. The number of fused-ring (bicyclic) bond motifs is 1. The van der Waals surface area contributed by atoms with Crippen LogP contribution in [0.4, 0.5) is 0 Å². The third-order valence-corrected chi connectivity index (χ3v) is 4.60. The molecule has 3 aromatic heterocycles. The number of carbonyl (C=O) groups excluding carboxylic acids is 1. The lowest BCUT2D eigenvalue weighted by Gasteiger charge is -2.33. The molecule has 1 aliphatic heterocycles. The van der Waals surface area contributed by atoms with Gasteiger partial charge in [0.25, 0.3) is 5.91 Å². The summed E-state index contributed by atoms with van der Waals surface area (Å²) in [6.07, 6.45) is 7.50. The van der Waals surface area contributed by atoms with Crippen LogP contribution in [-0.4, -0.2) is 31.9 Å². The van der Waals surface area contributed by atoms with Gasteiger partial charge in [0.1, 0.15) is 0 Å². The smallest absolute Gasteiger partial charge is 0.256 e. The maximum absolute atomic E-state index is 13.1. The molecular weight excluding hydrogens is 304 g/mol.